The molecule has 44 heavy (non-hydrogen) atoms. The molecule has 4 atom stereocenters. The molecule has 2 saturated heterocycles. The summed E-state index contributed by atoms with van der Waals surface area (Å²) in [5, 5.41) is 6.59. The van der Waals surface area contributed by atoms with Gasteiger partial charge in [-0.3, -0.25) is 24.3 Å². The Balaban J connectivity index is 1.49. The van der Waals surface area contributed by atoms with Crippen molar-refractivity contribution in [2.75, 3.05) is 53.6 Å². The maximum Gasteiger partial charge on any atom is 0.259 e. The first-order valence-corrected chi connectivity index (χ1v) is 15.1. The zero-order valence-corrected chi connectivity index (χ0v) is 26.6. The van der Waals surface area contributed by atoms with Crippen LogP contribution in [0.3, 0.4) is 0 Å². The number of aliphatic imine (C=N–C) groups is 2. The Kier molecular flexibility index (Phi) is 9.52. The number of rotatable bonds is 8. The van der Waals surface area contributed by atoms with Crippen molar-refractivity contribution in [2.45, 2.75) is 32.4 Å². The Hall–Kier alpha value is -3.61. The van der Waals surface area contributed by atoms with E-state index >= 15 is 0 Å². The lowest BCUT2D eigenvalue weighted by molar-refractivity contribution is -0.127. The van der Waals surface area contributed by atoms with Crippen molar-refractivity contribution < 1.29 is 28.6 Å². The first-order chi connectivity index (χ1) is 21.0. The summed E-state index contributed by atoms with van der Waals surface area (Å²) in [4.78, 5) is 51.6. The molecule has 1 unspecified atom stereocenters. The number of nitrogens with zero attached hydrogens (tertiary/aromatic N) is 4. The smallest absolute Gasteiger partial charge is 0.259 e. The number of likely N-dealkylation sites (tertiary alicyclic amines) is 1. The fourth-order valence-corrected chi connectivity index (χ4v) is 6.50. The number of fused-ring (bicyclic) bond motifs is 1. The summed E-state index contributed by atoms with van der Waals surface area (Å²) in [5.74, 6) is 0.586. The standard InChI is InChI=1S/C30H36Cl2N6O6/c1-15(2)28(40)34-20-13-44-14-21(20)35-30-33-10-18-8-19(24-25(31)22(42-4)9-23(43-5)26(24)32)29(41)38(27(18)36-30)12-17-6-7-37(11-17)16(3)39/h8-9,17-18,20-21H,1,6-7,10-14H2,2-5H3,(H,33,35)(H,34,40)/t17-,18?,20+,21-/m1/s1. The molecule has 14 heteroatoms. The van der Waals surface area contributed by atoms with Gasteiger partial charge in [-0.2, -0.15) is 4.99 Å². The first kappa shape index (κ1) is 31.8. The topological polar surface area (TPSA) is 134 Å². The highest BCUT2D eigenvalue weighted by Crippen LogP contribution is 2.45. The highest BCUT2D eigenvalue weighted by atomic mass is 35.5. The fourth-order valence-electron chi connectivity index (χ4n) is 5.79. The van der Waals surface area contributed by atoms with Crippen molar-refractivity contribution in [3.63, 3.8) is 0 Å². The second-order valence-electron chi connectivity index (χ2n) is 11.3. The molecular formula is C30H36Cl2N6O6. The van der Waals surface area contributed by atoms with Gasteiger partial charge < -0.3 is 29.7 Å². The highest BCUT2D eigenvalue weighted by Gasteiger charge is 2.41. The van der Waals surface area contributed by atoms with Gasteiger partial charge in [0, 0.05) is 49.3 Å². The second-order valence-corrected chi connectivity index (χ2v) is 12.0. The third kappa shape index (κ3) is 6.29. The molecule has 5 rings (SSSR count). The van der Waals surface area contributed by atoms with Gasteiger partial charge in [0.05, 0.1) is 62.0 Å². The Bertz CT molecular complexity index is 1450. The van der Waals surface area contributed by atoms with Crippen LogP contribution in [0.25, 0.3) is 5.57 Å². The largest absolute Gasteiger partial charge is 0.495 e. The fraction of sp³-hybridized carbons (Fsp3) is 0.500. The van der Waals surface area contributed by atoms with Gasteiger partial charge in [-0.1, -0.05) is 35.9 Å². The minimum Gasteiger partial charge on any atom is -0.495 e. The molecule has 12 nitrogen and oxygen atoms in total. The van der Waals surface area contributed by atoms with E-state index in [0.29, 0.717) is 79.4 Å². The van der Waals surface area contributed by atoms with Gasteiger partial charge in [0.25, 0.3) is 5.91 Å². The summed E-state index contributed by atoms with van der Waals surface area (Å²) in [5.41, 5.74) is 1.00. The normalized spacial score (nSPS) is 24.7. The van der Waals surface area contributed by atoms with Gasteiger partial charge in [-0.05, 0) is 19.3 Å². The number of nitrogens with one attached hydrogen (secondary N) is 2. The molecule has 0 aliphatic carbocycles. The van der Waals surface area contributed by atoms with E-state index in [2.05, 4.69) is 22.2 Å². The number of amides is 3. The van der Waals surface area contributed by atoms with Gasteiger partial charge in [-0.25, -0.2) is 0 Å². The average molecular weight is 648 g/mol. The van der Waals surface area contributed by atoms with Crippen LogP contribution in [0.15, 0.2) is 34.3 Å². The molecule has 2 fully saturated rings. The van der Waals surface area contributed by atoms with Crippen LogP contribution in [0, 0.1) is 11.8 Å². The number of hydrogen-bond acceptors (Lipinski definition) is 9. The molecule has 2 N–H and O–H groups in total. The van der Waals surface area contributed by atoms with E-state index in [4.69, 9.17) is 42.4 Å². The first-order valence-electron chi connectivity index (χ1n) is 14.4. The monoisotopic (exact) mass is 646 g/mol. The van der Waals surface area contributed by atoms with Crippen LogP contribution in [0.1, 0.15) is 25.8 Å². The third-order valence-corrected chi connectivity index (χ3v) is 8.97. The quantitative estimate of drug-likeness (QED) is 0.415. The van der Waals surface area contributed by atoms with E-state index in [-0.39, 0.29) is 51.7 Å². The van der Waals surface area contributed by atoms with Crippen molar-refractivity contribution in [1.82, 2.24) is 20.4 Å². The second kappa shape index (κ2) is 13.2. The molecule has 4 aliphatic heterocycles. The number of amidine groups is 1. The van der Waals surface area contributed by atoms with Crippen LogP contribution in [0.2, 0.25) is 10.0 Å². The van der Waals surface area contributed by atoms with Gasteiger partial charge >= 0.3 is 0 Å². The molecule has 0 aromatic heterocycles. The Morgan fingerprint density at radius 1 is 1.14 bits per heavy atom. The molecular weight excluding hydrogens is 611 g/mol. The number of hydrogen-bond donors (Lipinski definition) is 2. The summed E-state index contributed by atoms with van der Waals surface area (Å²) >= 11 is 13.5. The number of carbonyl (C=O) groups excluding carboxylic acids is 3. The van der Waals surface area contributed by atoms with E-state index in [1.54, 1.807) is 35.8 Å². The summed E-state index contributed by atoms with van der Waals surface area (Å²) < 4.78 is 16.5. The molecule has 0 saturated carbocycles. The molecule has 1 aromatic carbocycles. The predicted octanol–water partition coefficient (Wildman–Crippen LogP) is 2.54. The Morgan fingerprint density at radius 2 is 1.82 bits per heavy atom. The van der Waals surface area contributed by atoms with Crippen LogP contribution >= 0.6 is 23.2 Å². The molecule has 3 amide bonds. The van der Waals surface area contributed by atoms with E-state index < -0.39 is 0 Å². The zero-order chi connectivity index (χ0) is 31.7. The molecule has 236 valence electrons. The lowest BCUT2D eigenvalue weighted by Crippen LogP contribution is -2.53. The van der Waals surface area contributed by atoms with E-state index in [1.165, 1.54) is 14.2 Å². The number of carbonyl (C=O) groups is 3. The maximum atomic E-state index is 14.3. The summed E-state index contributed by atoms with van der Waals surface area (Å²) in [6, 6.07) is 0.986. The van der Waals surface area contributed by atoms with Crippen molar-refractivity contribution in [2.24, 2.45) is 21.8 Å². The SMILES string of the molecule is C=C(C)C(=O)N[C@H]1COC[C@H]1NC1=NCC2C=C(c3c(Cl)c(OC)cc(OC)c3Cl)C(=O)N(C[C@@H]3CCN(C(C)=O)C3)C2=N1. The minimum absolute atomic E-state index is 0.00123. The van der Waals surface area contributed by atoms with Gasteiger partial charge in [0.15, 0.2) is 0 Å². The van der Waals surface area contributed by atoms with Crippen LogP contribution in [0.5, 0.6) is 11.5 Å². The van der Waals surface area contributed by atoms with Crippen LogP contribution < -0.4 is 20.1 Å². The summed E-state index contributed by atoms with van der Waals surface area (Å²) in [6.07, 6.45) is 2.53. The molecule has 0 radical (unpaired) electrons. The number of guanidine groups is 1. The van der Waals surface area contributed by atoms with Gasteiger partial charge in [-0.15, -0.1) is 0 Å². The molecule has 0 bridgehead atoms. The summed E-state index contributed by atoms with van der Waals surface area (Å²) in [7, 11) is 2.95. The molecule has 4 aliphatic rings. The number of ether oxygens (including phenoxy) is 3. The number of benzene rings is 1. The van der Waals surface area contributed by atoms with Gasteiger partial charge in [0.2, 0.25) is 17.8 Å². The van der Waals surface area contributed by atoms with E-state index in [0.717, 1.165) is 6.42 Å². The van der Waals surface area contributed by atoms with E-state index in [9.17, 15) is 14.4 Å². The predicted molar refractivity (Wildman–Crippen MR) is 167 cm³/mol. The Morgan fingerprint density at radius 3 is 2.43 bits per heavy atom. The molecule has 1 aromatic rings. The van der Waals surface area contributed by atoms with Crippen LogP contribution in [0.4, 0.5) is 0 Å². The minimum atomic E-state index is -0.360. The van der Waals surface area contributed by atoms with Crippen molar-refractivity contribution >= 4 is 58.3 Å². The van der Waals surface area contributed by atoms with E-state index in [1.807, 2.05) is 0 Å². The highest BCUT2D eigenvalue weighted by molar-refractivity contribution is 6.43. The Labute approximate surface area is 266 Å². The number of halogens is 2. The average Bonchev–Trinajstić information content (AvgIpc) is 3.65. The third-order valence-electron chi connectivity index (χ3n) is 8.22. The zero-order valence-electron chi connectivity index (χ0n) is 25.1. The lowest BCUT2D eigenvalue weighted by atomic mass is 9.91. The van der Waals surface area contributed by atoms with Crippen LogP contribution in [-0.2, 0) is 19.1 Å². The maximum absolute atomic E-state index is 14.3. The van der Waals surface area contributed by atoms with Gasteiger partial charge in [0.1, 0.15) is 17.3 Å². The lowest BCUT2D eigenvalue weighted by Gasteiger charge is -2.37. The summed E-state index contributed by atoms with van der Waals surface area (Å²) in [6.45, 7) is 9.36. The molecule has 4 heterocycles. The van der Waals surface area contributed by atoms with Crippen LogP contribution in [-0.4, -0.2) is 105 Å². The molecule has 0 spiro atoms. The van der Waals surface area contributed by atoms with Crippen molar-refractivity contribution in [3.8, 4) is 11.5 Å². The van der Waals surface area contributed by atoms with Crippen molar-refractivity contribution in [3.05, 3.63) is 39.9 Å². The number of methoxy groups -OCH3 is 2. The van der Waals surface area contributed by atoms with Crippen molar-refractivity contribution in [1.29, 1.82) is 0 Å².